The van der Waals surface area contributed by atoms with Gasteiger partial charge in [-0.05, 0) is 29.9 Å². The maximum absolute atomic E-state index is 11.8. The van der Waals surface area contributed by atoms with Crippen LogP contribution in [0.4, 0.5) is 4.79 Å². The maximum Gasteiger partial charge on any atom is 0.315 e. The number of thiophene rings is 1. The van der Waals surface area contributed by atoms with Gasteiger partial charge >= 0.3 is 6.03 Å². The van der Waals surface area contributed by atoms with Gasteiger partial charge in [0.1, 0.15) is 5.82 Å². The molecule has 1 aliphatic rings. The van der Waals surface area contributed by atoms with E-state index in [0.29, 0.717) is 19.5 Å². The zero-order valence-corrected chi connectivity index (χ0v) is 15.2. The Kier molecular flexibility index (Phi) is 4.71. The Morgan fingerprint density at radius 1 is 1.23 bits per heavy atom. The number of hydrogen-bond acceptors (Lipinski definition) is 4. The van der Waals surface area contributed by atoms with E-state index in [1.165, 1.54) is 4.88 Å². The minimum absolute atomic E-state index is 0.0965. The third kappa shape index (κ3) is 3.48. The van der Waals surface area contributed by atoms with E-state index in [9.17, 15) is 4.79 Å². The molecule has 7 heteroatoms. The minimum atomic E-state index is -0.387. The van der Waals surface area contributed by atoms with Crippen LogP contribution < -0.4 is 5.73 Å². The zero-order valence-electron chi connectivity index (χ0n) is 14.4. The van der Waals surface area contributed by atoms with Crippen molar-refractivity contribution in [2.45, 2.75) is 31.8 Å². The van der Waals surface area contributed by atoms with Crippen LogP contribution in [0.3, 0.4) is 0 Å². The number of likely N-dealkylation sites (tertiary alicyclic amines) is 1. The molecule has 2 aromatic heterocycles. The average Bonchev–Trinajstić information content (AvgIpc) is 3.37. The summed E-state index contributed by atoms with van der Waals surface area (Å²) in [5, 5.41) is 6.81. The second kappa shape index (κ2) is 7.29. The Hall–Kier alpha value is -2.67. The molecule has 6 nitrogen and oxygen atoms in total. The molecule has 0 bridgehead atoms. The third-order valence-corrected chi connectivity index (χ3v) is 5.54. The summed E-state index contributed by atoms with van der Waals surface area (Å²) in [5.74, 6) is 1.62. The van der Waals surface area contributed by atoms with Crippen molar-refractivity contribution in [1.82, 2.24) is 19.7 Å². The Morgan fingerprint density at radius 3 is 2.81 bits per heavy atom. The van der Waals surface area contributed by atoms with Crippen molar-refractivity contribution in [1.29, 1.82) is 0 Å². The van der Waals surface area contributed by atoms with Gasteiger partial charge in [0, 0.05) is 17.8 Å². The van der Waals surface area contributed by atoms with Crippen LogP contribution in [0.25, 0.3) is 0 Å². The molecule has 1 atom stereocenters. The van der Waals surface area contributed by atoms with Gasteiger partial charge < -0.3 is 10.6 Å². The number of nitrogens with zero attached hydrogens (tertiary/aromatic N) is 4. The van der Waals surface area contributed by atoms with Crippen molar-refractivity contribution in [2.75, 3.05) is 6.54 Å². The van der Waals surface area contributed by atoms with Gasteiger partial charge in [-0.3, -0.25) is 0 Å². The summed E-state index contributed by atoms with van der Waals surface area (Å²) in [6, 6.07) is 13.8. The fraction of sp³-hybridized carbons (Fsp3) is 0.316. The Balaban J connectivity index is 1.67. The van der Waals surface area contributed by atoms with Crippen molar-refractivity contribution < 1.29 is 4.79 Å². The molecule has 0 aliphatic carbocycles. The van der Waals surface area contributed by atoms with Gasteiger partial charge in [-0.1, -0.05) is 36.4 Å². The predicted molar refractivity (Wildman–Crippen MR) is 101 cm³/mol. The highest BCUT2D eigenvalue weighted by molar-refractivity contribution is 7.09. The monoisotopic (exact) mass is 367 g/mol. The lowest BCUT2D eigenvalue weighted by molar-refractivity contribution is 0.199. The summed E-state index contributed by atoms with van der Waals surface area (Å²) >= 11 is 1.70. The van der Waals surface area contributed by atoms with E-state index in [-0.39, 0.29) is 12.1 Å². The van der Waals surface area contributed by atoms with Crippen molar-refractivity contribution in [3.8, 4) is 0 Å². The van der Waals surface area contributed by atoms with Gasteiger partial charge in [0.2, 0.25) is 0 Å². The highest BCUT2D eigenvalue weighted by Crippen LogP contribution is 2.31. The fourth-order valence-corrected chi connectivity index (χ4v) is 4.17. The van der Waals surface area contributed by atoms with Gasteiger partial charge in [-0.15, -0.1) is 11.3 Å². The van der Waals surface area contributed by atoms with Crippen LogP contribution in [-0.4, -0.2) is 32.2 Å². The predicted octanol–water partition coefficient (Wildman–Crippen LogP) is 3.19. The van der Waals surface area contributed by atoms with E-state index in [4.69, 9.17) is 15.8 Å². The number of nitrogens with two attached hydrogens (primary N) is 1. The topological polar surface area (TPSA) is 77.0 Å². The molecule has 3 heterocycles. The number of carbonyl (C=O) groups is 1. The van der Waals surface area contributed by atoms with Gasteiger partial charge in [0.05, 0.1) is 12.6 Å². The first kappa shape index (κ1) is 16.8. The highest BCUT2D eigenvalue weighted by Gasteiger charge is 2.33. The summed E-state index contributed by atoms with van der Waals surface area (Å²) in [6.07, 6.45) is 2.51. The summed E-state index contributed by atoms with van der Waals surface area (Å²) in [5.41, 5.74) is 6.73. The number of hydrogen-bond donors (Lipinski definition) is 1. The van der Waals surface area contributed by atoms with Crippen LogP contribution in [0.1, 0.15) is 41.0 Å². The second-order valence-electron chi connectivity index (χ2n) is 6.48. The Labute approximate surface area is 156 Å². The van der Waals surface area contributed by atoms with E-state index in [1.807, 2.05) is 28.9 Å². The molecule has 1 aromatic carbocycles. The first-order chi connectivity index (χ1) is 12.7. The molecule has 1 aliphatic heterocycles. The molecule has 2 N–H and O–H groups in total. The van der Waals surface area contributed by atoms with Gasteiger partial charge in [0.15, 0.2) is 5.82 Å². The fourth-order valence-electron chi connectivity index (χ4n) is 3.46. The number of urea groups is 1. The molecule has 134 valence electrons. The molecule has 1 saturated heterocycles. The summed E-state index contributed by atoms with van der Waals surface area (Å²) in [4.78, 5) is 19.6. The lowest BCUT2D eigenvalue weighted by atomic mass is 10.2. The number of benzene rings is 1. The largest absolute Gasteiger partial charge is 0.351 e. The number of aromatic nitrogens is 3. The average molecular weight is 367 g/mol. The molecular weight excluding hydrogens is 346 g/mol. The first-order valence-corrected chi connectivity index (χ1v) is 9.64. The van der Waals surface area contributed by atoms with E-state index in [2.05, 4.69) is 23.6 Å². The van der Waals surface area contributed by atoms with E-state index < -0.39 is 0 Å². The minimum Gasteiger partial charge on any atom is -0.351 e. The zero-order chi connectivity index (χ0) is 17.9. The lowest BCUT2D eigenvalue weighted by Gasteiger charge is -2.22. The normalized spacial score (nSPS) is 16.9. The first-order valence-electron chi connectivity index (χ1n) is 8.76. The smallest absolute Gasteiger partial charge is 0.315 e. The molecule has 1 fully saturated rings. The Morgan fingerprint density at radius 2 is 2.08 bits per heavy atom. The van der Waals surface area contributed by atoms with E-state index in [0.717, 1.165) is 30.1 Å². The molecule has 0 saturated carbocycles. The lowest BCUT2D eigenvalue weighted by Crippen LogP contribution is -2.36. The number of amides is 2. The van der Waals surface area contributed by atoms with E-state index in [1.54, 1.807) is 16.2 Å². The van der Waals surface area contributed by atoms with Crippen molar-refractivity contribution >= 4 is 17.4 Å². The van der Waals surface area contributed by atoms with Crippen LogP contribution in [0, 0.1) is 0 Å². The van der Waals surface area contributed by atoms with Crippen LogP contribution in [-0.2, 0) is 13.0 Å². The van der Waals surface area contributed by atoms with Crippen molar-refractivity contribution in [3.63, 3.8) is 0 Å². The summed E-state index contributed by atoms with van der Waals surface area (Å²) in [6.45, 7) is 1.31. The molecule has 0 radical (unpaired) electrons. The molecule has 4 rings (SSSR count). The molecule has 26 heavy (non-hydrogen) atoms. The summed E-state index contributed by atoms with van der Waals surface area (Å²) in [7, 11) is 0. The number of carbonyl (C=O) groups excluding carboxylic acids is 1. The van der Waals surface area contributed by atoms with Gasteiger partial charge in [-0.25, -0.2) is 14.5 Å². The van der Waals surface area contributed by atoms with Crippen LogP contribution in [0.5, 0.6) is 0 Å². The SMILES string of the molecule is NC(=O)N1CCC[C@H]1c1nc(Cc2cccs2)nn1Cc1ccccc1. The molecular formula is C19H21N5OS. The molecule has 3 aromatic rings. The van der Waals surface area contributed by atoms with E-state index >= 15 is 0 Å². The third-order valence-electron chi connectivity index (χ3n) is 4.67. The maximum atomic E-state index is 11.8. The summed E-state index contributed by atoms with van der Waals surface area (Å²) < 4.78 is 1.93. The molecule has 0 spiro atoms. The van der Waals surface area contributed by atoms with Crippen molar-refractivity contribution in [3.05, 3.63) is 69.9 Å². The number of primary amides is 1. The Bertz CT molecular complexity index is 875. The molecule has 0 unspecified atom stereocenters. The van der Waals surface area contributed by atoms with Crippen LogP contribution in [0.2, 0.25) is 0 Å². The highest BCUT2D eigenvalue weighted by atomic mass is 32.1. The second-order valence-corrected chi connectivity index (χ2v) is 7.51. The van der Waals surface area contributed by atoms with Crippen LogP contribution >= 0.6 is 11.3 Å². The van der Waals surface area contributed by atoms with Gasteiger partial charge in [-0.2, -0.15) is 5.10 Å². The quantitative estimate of drug-likeness (QED) is 0.752. The van der Waals surface area contributed by atoms with Crippen molar-refractivity contribution in [2.24, 2.45) is 5.73 Å². The number of rotatable bonds is 5. The molecule has 2 amide bonds. The standard InChI is InChI=1S/C19H21N5OS/c20-19(25)23-10-4-9-16(23)18-21-17(12-15-8-5-11-26-15)22-24(18)13-14-6-2-1-3-7-14/h1-3,5-8,11,16H,4,9-10,12-13H2,(H2,20,25)/t16-/m0/s1. The van der Waals surface area contributed by atoms with Crippen LogP contribution in [0.15, 0.2) is 47.8 Å². The van der Waals surface area contributed by atoms with Gasteiger partial charge in [0.25, 0.3) is 0 Å².